The van der Waals surface area contributed by atoms with Gasteiger partial charge < -0.3 is 4.90 Å². The number of nitrogens with zero attached hydrogens (tertiary/aromatic N) is 1. The van der Waals surface area contributed by atoms with Crippen molar-refractivity contribution in [1.82, 2.24) is 4.90 Å². The van der Waals surface area contributed by atoms with E-state index in [-0.39, 0.29) is 11.9 Å². The minimum absolute atomic E-state index is 0.113. The zero-order chi connectivity index (χ0) is 13.0. The Labute approximate surface area is 112 Å². The van der Waals surface area contributed by atoms with E-state index in [2.05, 4.69) is 29.8 Å². The van der Waals surface area contributed by atoms with Crippen LogP contribution in [-0.2, 0) is 0 Å². The first-order valence-corrected chi connectivity index (χ1v) is 6.87. The van der Waals surface area contributed by atoms with Crippen molar-refractivity contribution in [1.29, 1.82) is 0 Å². The number of carbonyl (C=O) groups is 1. The minimum Gasteiger partial charge on any atom is -0.336 e. The van der Waals surface area contributed by atoms with Gasteiger partial charge in [-0.3, -0.25) is 4.79 Å². The zero-order valence-corrected chi connectivity index (χ0v) is 12.5. The van der Waals surface area contributed by atoms with Gasteiger partial charge >= 0.3 is 0 Å². The van der Waals surface area contributed by atoms with Gasteiger partial charge in [-0.15, -0.1) is 0 Å². The summed E-state index contributed by atoms with van der Waals surface area (Å²) in [5.41, 5.74) is 1.90. The number of amides is 1. The topological polar surface area (TPSA) is 20.3 Å². The maximum atomic E-state index is 12.3. The molecule has 0 saturated heterocycles. The summed E-state index contributed by atoms with van der Waals surface area (Å²) in [7, 11) is 0. The van der Waals surface area contributed by atoms with Crippen LogP contribution in [-0.4, -0.2) is 23.4 Å². The summed E-state index contributed by atoms with van der Waals surface area (Å²) in [4.78, 5) is 14.3. The molecule has 1 aromatic carbocycles. The van der Waals surface area contributed by atoms with E-state index in [0.717, 1.165) is 28.6 Å². The van der Waals surface area contributed by atoms with Crippen molar-refractivity contribution in [2.45, 2.75) is 40.2 Å². The third-order valence-electron chi connectivity index (χ3n) is 3.14. The number of aryl methyl sites for hydroxylation is 1. The lowest BCUT2D eigenvalue weighted by Crippen LogP contribution is -2.38. The van der Waals surface area contributed by atoms with Crippen molar-refractivity contribution in [3.05, 3.63) is 33.8 Å². The molecule has 0 aromatic heterocycles. The summed E-state index contributed by atoms with van der Waals surface area (Å²) in [6.07, 6.45) is 0.979. The monoisotopic (exact) mass is 297 g/mol. The highest BCUT2D eigenvalue weighted by atomic mass is 79.9. The van der Waals surface area contributed by atoms with E-state index < -0.39 is 0 Å². The molecule has 0 aliphatic carbocycles. The molecule has 0 spiro atoms. The van der Waals surface area contributed by atoms with Crippen LogP contribution in [0.4, 0.5) is 0 Å². The quantitative estimate of drug-likeness (QED) is 0.822. The molecule has 0 fully saturated rings. The largest absolute Gasteiger partial charge is 0.336 e. The SMILES string of the molecule is CCC(C)N(CC)C(=O)c1ccc(C)c(Br)c1. The van der Waals surface area contributed by atoms with E-state index in [0.29, 0.717) is 0 Å². The van der Waals surface area contributed by atoms with Crippen LogP contribution in [0.25, 0.3) is 0 Å². The number of benzene rings is 1. The number of rotatable bonds is 4. The van der Waals surface area contributed by atoms with Crippen molar-refractivity contribution in [3.63, 3.8) is 0 Å². The molecule has 0 radical (unpaired) electrons. The van der Waals surface area contributed by atoms with E-state index >= 15 is 0 Å². The Morgan fingerprint density at radius 1 is 1.41 bits per heavy atom. The second-order valence-corrected chi connectivity index (χ2v) is 5.17. The van der Waals surface area contributed by atoms with Crippen molar-refractivity contribution < 1.29 is 4.79 Å². The van der Waals surface area contributed by atoms with Crippen LogP contribution in [0.5, 0.6) is 0 Å². The molecule has 1 aromatic rings. The number of hydrogen-bond acceptors (Lipinski definition) is 1. The lowest BCUT2D eigenvalue weighted by atomic mass is 10.1. The first-order chi connectivity index (χ1) is 8.01. The molecule has 0 N–H and O–H groups in total. The Balaban J connectivity index is 2.98. The van der Waals surface area contributed by atoms with Gasteiger partial charge in [-0.05, 0) is 44.9 Å². The van der Waals surface area contributed by atoms with E-state index in [9.17, 15) is 4.79 Å². The summed E-state index contributed by atoms with van der Waals surface area (Å²) >= 11 is 3.47. The maximum Gasteiger partial charge on any atom is 0.254 e. The second kappa shape index (κ2) is 6.20. The molecule has 0 aliphatic heterocycles. The molecule has 0 saturated carbocycles. The van der Waals surface area contributed by atoms with E-state index in [1.54, 1.807) is 0 Å². The molecule has 2 nitrogen and oxygen atoms in total. The van der Waals surface area contributed by atoms with Crippen LogP contribution in [0.1, 0.15) is 43.1 Å². The van der Waals surface area contributed by atoms with Gasteiger partial charge in [-0.25, -0.2) is 0 Å². The molecule has 1 atom stereocenters. The van der Waals surface area contributed by atoms with Gasteiger partial charge in [0.05, 0.1) is 0 Å². The molecule has 1 amide bonds. The van der Waals surface area contributed by atoms with E-state index in [1.807, 2.05) is 36.9 Å². The molecule has 0 aliphatic rings. The summed E-state index contributed by atoms with van der Waals surface area (Å²) in [6, 6.07) is 6.06. The predicted molar refractivity (Wildman–Crippen MR) is 75.3 cm³/mol. The van der Waals surface area contributed by atoms with E-state index in [1.165, 1.54) is 0 Å². The fourth-order valence-corrected chi connectivity index (χ4v) is 2.15. The first kappa shape index (κ1) is 14.2. The Hall–Kier alpha value is -0.830. The number of carbonyl (C=O) groups excluding carboxylic acids is 1. The Bertz CT molecular complexity index is 403. The second-order valence-electron chi connectivity index (χ2n) is 4.31. The van der Waals surface area contributed by atoms with Crippen LogP contribution in [0.3, 0.4) is 0 Å². The maximum absolute atomic E-state index is 12.3. The molecular weight excluding hydrogens is 278 g/mol. The molecule has 1 unspecified atom stereocenters. The third kappa shape index (κ3) is 3.32. The van der Waals surface area contributed by atoms with E-state index in [4.69, 9.17) is 0 Å². The molecule has 0 bridgehead atoms. The zero-order valence-electron chi connectivity index (χ0n) is 11.0. The predicted octanol–water partition coefficient (Wildman–Crippen LogP) is 4.02. The average molecular weight is 298 g/mol. The Morgan fingerprint density at radius 2 is 2.06 bits per heavy atom. The lowest BCUT2D eigenvalue weighted by molar-refractivity contribution is 0.0700. The van der Waals surface area contributed by atoms with Gasteiger partial charge in [0.2, 0.25) is 0 Å². The standard InChI is InChI=1S/C14H20BrNO/c1-5-11(4)16(6-2)14(17)12-8-7-10(3)13(15)9-12/h7-9,11H,5-6H2,1-4H3. The number of halogens is 1. The van der Waals surface area contributed by atoms with Crippen molar-refractivity contribution in [2.75, 3.05) is 6.54 Å². The molecule has 1 rings (SSSR count). The smallest absolute Gasteiger partial charge is 0.254 e. The summed E-state index contributed by atoms with van der Waals surface area (Å²) in [6.45, 7) is 8.98. The van der Waals surface area contributed by atoms with Crippen molar-refractivity contribution in [3.8, 4) is 0 Å². The molecule has 0 heterocycles. The highest BCUT2D eigenvalue weighted by Crippen LogP contribution is 2.19. The Morgan fingerprint density at radius 3 is 2.53 bits per heavy atom. The van der Waals surface area contributed by atoms with Gasteiger partial charge in [0.15, 0.2) is 0 Å². The molecule has 3 heteroatoms. The van der Waals surface area contributed by atoms with Gasteiger partial charge in [0, 0.05) is 22.6 Å². The van der Waals surface area contributed by atoms with Gasteiger partial charge in [-0.2, -0.15) is 0 Å². The molecule has 17 heavy (non-hydrogen) atoms. The van der Waals surface area contributed by atoms with Gasteiger partial charge in [0.1, 0.15) is 0 Å². The average Bonchev–Trinajstić information content (AvgIpc) is 2.33. The van der Waals surface area contributed by atoms with Crippen LogP contribution in [0, 0.1) is 6.92 Å². The van der Waals surface area contributed by atoms with Crippen LogP contribution in [0.2, 0.25) is 0 Å². The van der Waals surface area contributed by atoms with Crippen LogP contribution >= 0.6 is 15.9 Å². The summed E-state index contributed by atoms with van der Waals surface area (Å²) < 4.78 is 0.989. The van der Waals surface area contributed by atoms with Crippen LogP contribution < -0.4 is 0 Å². The molecular formula is C14H20BrNO. The normalized spacial score (nSPS) is 12.3. The fraction of sp³-hybridized carbons (Fsp3) is 0.500. The molecule has 94 valence electrons. The first-order valence-electron chi connectivity index (χ1n) is 6.08. The summed E-state index contributed by atoms with van der Waals surface area (Å²) in [5, 5.41) is 0. The number of hydrogen-bond donors (Lipinski definition) is 0. The Kier molecular flexibility index (Phi) is 5.19. The minimum atomic E-state index is 0.113. The summed E-state index contributed by atoms with van der Waals surface area (Å²) in [5.74, 6) is 0.113. The van der Waals surface area contributed by atoms with Crippen molar-refractivity contribution in [2.24, 2.45) is 0 Å². The fourth-order valence-electron chi connectivity index (χ4n) is 1.77. The van der Waals surface area contributed by atoms with Gasteiger partial charge in [-0.1, -0.05) is 28.9 Å². The lowest BCUT2D eigenvalue weighted by Gasteiger charge is -2.27. The highest BCUT2D eigenvalue weighted by Gasteiger charge is 2.18. The third-order valence-corrected chi connectivity index (χ3v) is 4.00. The van der Waals surface area contributed by atoms with Gasteiger partial charge in [0.25, 0.3) is 5.91 Å². The van der Waals surface area contributed by atoms with Crippen LogP contribution in [0.15, 0.2) is 22.7 Å². The highest BCUT2D eigenvalue weighted by molar-refractivity contribution is 9.10. The van der Waals surface area contributed by atoms with Crippen molar-refractivity contribution >= 4 is 21.8 Å².